The molecule has 41 heavy (non-hydrogen) atoms. The van der Waals surface area contributed by atoms with E-state index < -0.39 is 10.5 Å². The van der Waals surface area contributed by atoms with E-state index in [1.807, 2.05) is 31.2 Å². The Balaban J connectivity index is 1.47. The number of aryl methyl sites for hydroxylation is 1. The van der Waals surface area contributed by atoms with Gasteiger partial charge in [0.2, 0.25) is 5.82 Å². The maximum absolute atomic E-state index is 13.6. The van der Waals surface area contributed by atoms with Gasteiger partial charge in [-0.25, -0.2) is 4.98 Å². The Hall–Kier alpha value is -5.28. The highest BCUT2D eigenvalue weighted by Crippen LogP contribution is 2.29. The number of non-ortho nitro benzene ring substituents is 1. The number of nitro benzene ring substituents is 1. The molecular formula is C31H21ClN4O5. The lowest BCUT2D eigenvalue weighted by atomic mass is 10.1. The molecule has 202 valence electrons. The first-order chi connectivity index (χ1) is 19.9. The lowest BCUT2D eigenvalue weighted by Gasteiger charge is -2.10. The van der Waals surface area contributed by atoms with Crippen LogP contribution in [0.5, 0.6) is 5.75 Å². The first-order valence-corrected chi connectivity index (χ1v) is 13.0. The number of rotatable bonds is 7. The van der Waals surface area contributed by atoms with Crippen LogP contribution in [0.15, 0.2) is 105 Å². The van der Waals surface area contributed by atoms with Crippen molar-refractivity contribution < 1.29 is 14.1 Å². The van der Waals surface area contributed by atoms with Gasteiger partial charge >= 0.3 is 0 Å². The lowest BCUT2D eigenvalue weighted by Crippen LogP contribution is -2.20. The molecule has 0 unspecified atom stereocenters. The molecule has 0 amide bonds. The quantitative estimate of drug-likeness (QED) is 0.116. The Morgan fingerprint density at radius 2 is 1.90 bits per heavy atom. The molecule has 0 fully saturated rings. The molecule has 0 aliphatic heterocycles. The van der Waals surface area contributed by atoms with Crippen LogP contribution in [0.3, 0.4) is 0 Å². The van der Waals surface area contributed by atoms with Gasteiger partial charge in [-0.3, -0.25) is 14.9 Å². The summed E-state index contributed by atoms with van der Waals surface area (Å²) in [6.07, 6.45) is 1.35. The number of benzene rings is 4. The van der Waals surface area contributed by atoms with Crippen LogP contribution in [-0.4, -0.2) is 20.8 Å². The minimum atomic E-state index is -0.504. The highest BCUT2D eigenvalue weighted by atomic mass is 35.5. The molecule has 0 saturated carbocycles. The van der Waals surface area contributed by atoms with Gasteiger partial charge in [0, 0.05) is 28.1 Å². The maximum atomic E-state index is 13.6. The molecule has 6 rings (SSSR count). The van der Waals surface area contributed by atoms with E-state index in [2.05, 4.69) is 10.1 Å². The SMILES string of the molecule is Cc1cccc(COc2ccc([N+](=O)[O-])cc2C=Nn2c(-c3cc4cc(Cl)ccc4o3)nc3ccccc3c2=O)c1. The molecule has 2 heterocycles. The Bertz CT molecular complexity index is 2050. The van der Waals surface area contributed by atoms with Crippen molar-refractivity contribution >= 4 is 45.4 Å². The molecule has 0 N–H and O–H groups in total. The van der Waals surface area contributed by atoms with Gasteiger partial charge in [-0.15, -0.1) is 0 Å². The van der Waals surface area contributed by atoms with Gasteiger partial charge < -0.3 is 9.15 Å². The number of hydrogen-bond acceptors (Lipinski definition) is 7. The van der Waals surface area contributed by atoms with Crippen molar-refractivity contribution in [2.24, 2.45) is 5.10 Å². The fraction of sp³-hybridized carbons (Fsp3) is 0.0645. The third kappa shape index (κ3) is 5.30. The molecular weight excluding hydrogens is 544 g/mol. The van der Waals surface area contributed by atoms with Crippen molar-refractivity contribution in [2.75, 3.05) is 0 Å². The number of para-hydroxylation sites is 1. The summed E-state index contributed by atoms with van der Waals surface area (Å²) in [6.45, 7) is 2.22. The van der Waals surface area contributed by atoms with E-state index in [-0.39, 0.29) is 18.1 Å². The summed E-state index contributed by atoms with van der Waals surface area (Å²) in [5.74, 6) is 0.824. The van der Waals surface area contributed by atoms with Crippen LogP contribution in [-0.2, 0) is 6.61 Å². The Morgan fingerprint density at radius 1 is 1.05 bits per heavy atom. The summed E-state index contributed by atoms with van der Waals surface area (Å²) in [6, 6.07) is 25.9. The summed E-state index contributed by atoms with van der Waals surface area (Å²) >= 11 is 6.15. The third-order valence-corrected chi connectivity index (χ3v) is 6.68. The van der Waals surface area contributed by atoms with E-state index in [1.54, 1.807) is 48.5 Å². The van der Waals surface area contributed by atoms with Gasteiger partial charge in [0.1, 0.15) is 17.9 Å². The van der Waals surface area contributed by atoms with Crippen LogP contribution in [0, 0.1) is 17.0 Å². The van der Waals surface area contributed by atoms with Gasteiger partial charge in [-0.05, 0) is 55.0 Å². The minimum Gasteiger partial charge on any atom is -0.488 e. The van der Waals surface area contributed by atoms with Crippen molar-refractivity contribution in [3.63, 3.8) is 0 Å². The zero-order valence-electron chi connectivity index (χ0n) is 21.7. The largest absolute Gasteiger partial charge is 0.488 e. The fourth-order valence-electron chi connectivity index (χ4n) is 4.48. The average molecular weight is 565 g/mol. The molecule has 0 atom stereocenters. The number of fused-ring (bicyclic) bond motifs is 2. The second-order valence-corrected chi connectivity index (χ2v) is 9.80. The fourth-order valence-corrected chi connectivity index (χ4v) is 4.66. The van der Waals surface area contributed by atoms with E-state index in [9.17, 15) is 14.9 Å². The lowest BCUT2D eigenvalue weighted by molar-refractivity contribution is -0.384. The van der Waals surface area contributed by atoms with Crippen molar-refractivity contribution in [3.05, 3.63) is 133 Å². The van der Waals surface area contributed by atoms with Crippen LogP contribution in [0.25, 0.3) is 33.5 Å². The Kier molecular flexibility index (Phi) is 6.78. The predicted octanol–water partition coefficient (Wildman–Crippen LogP) is 7.14. The number of aromatic nitrogens is 2. The second kappa shape index (κ2) is 10.7. The normalized spacial score (nSPS) is 11.5. The Labute approximate surface area is 238 Å². The summed E-state index contributed by atoms with van der Waals surface area (Å²) in [5.41, 5.74) is 2.78. The summed E-state index contributed by atoms with van der Waals surface area (Å²) < 4.78 is 13.1. The van der Waals surface area contributed by atoms with Crippen molar-refractivity contribution in [3.8, 4) is 17.3 Å². The van der Waals surface area contributed by atoms with Gasteiger partial charge in [0.15, 0.2) is 5.76 Å². The summed E-state index contributed by atoms with van der Waals surface area (Å²) in [5, 5.41) is 17.6. The summed E-state index contributed by atoms with van der Waals surface area (Å²) in [7, 11) is 0. The molecule has 0 aliphatic rings. The molecule has 0 aliphatic carbocycles. The highest BCUT2D eigenvalue weighted by Gasteiger charge is 2.17. The molecule has 9 nitrogen and oxygen atoms in total. The number of ether oxygens (including phenoxy) is 1. The number of nitrogens with zero attached hydrogens (tertiary/aromatic N) is 4. The zero-order chi connectivity index (χ0) is 28.5. The van der Waals surface area contributed by atoms with Crippen LogP contribution in [0.2, 0.25) is 5.02 Å². The molecule has 0 saturated heterocycles. The predicted molar refractivity (Wildman–Crippen MR) is 158 cm³/mol. The van der Waals surface area contributed by atoms with Crippen LogP contribution >= 0.6 is 11.6 Å². The van der Waals surface area contributed by atoms with Crippen LogP contribution < -0.4 is 10.3 Å². The molecule has 6 aromatic rings. The number of furan rings is 1. The molecule has 0 bridgehead atoms. The van der Waals surface area contributed by atoms with E-state index in [1.165, 1.54) is 24.4 Å². The topological polar surface area (TPSA) is 113 Å². The number of nitro groups is 1. The van der Waals surface area contributed by atoms with Crippen molar-refractivity contribution in [1.82, 2.24) is 9.66 Å². The number of hydrogen-bond donors (Lipinski definition) is 0. The van der Waals surface area contributed by atoms with Gasteiger partial charge in [0.25, 0.3) is 11.2 Å². The third-order valence-electron chi connectivity index (χ3n) is 6.45. The first-order valence-electron chi connectivity index (χ1n) is 12.6. The zero-order valence-corrected chi connectivity index (χ0v) is 22.4. The monoisotopic (exact) mass is 564 g/mol. The van der Waals surface area contributed by atoms with E-state index in [0.29, 0.717) is 38.6 Å². The smallest absolute Gasteiger partial charge is 0.282 e. The van der Waals surface area contributed by atoms with E-state index in [0.717, 1.165) is 21.2 Å². The average Bonchev–Trinajstić information content (AvgIpc) is 3.39. The molecule has 0 spiro atoms. The summed E-state index contributed by atoms with van der Waals surface area (Å²) in [4.78, 5) is 29.3. The van der Waals surface area contributed by atoms with E-state index in [4.69, 9.17) is 20.8 Å². The standard InChI is InChI=1S/C31H21ClN4O5/c1-19-5-4-6-20(13-19)18-40-27-12-10-24(36(38)39)15-22(27)17-33-35-30(34-26-8-3-2-7-25(26)31(35)37)29-16-21-14-23(32)9-11-28(21)41-29/h2-17H,18H2,1H3. The Morgan fingerprint density at radius 3 is 2.73 bits per heavy atom. The minimum absolute atomic E-state index is 0.146. The molecule has 10 heteroatoms. The molecule has 2 aromatic heterocycles. The number of halogens is 1. The molecule has 4 aromatic carbocycles. The van der Waals surface area contributed by atoms with Crippen molar-refractivity contribution in [2.45, 2.75) is 13.5 Å². The van der Waals surface area contributed by atoms with Gasteiger partial charge in [-0.1, -0.05) is 53.6 Å². The first kappa shape index (κ1) is 26.0. The van der Waals surface area contributed by atoms with Crippen molar-refractivity contribution in [1.29, 1.82) is 0 Å². The van der Waals surface area contributed by atoms with E-state index >= 15 is 0 Å². The van der Waals surface area contributed by atoms with Crippen LogP contribution in [0.4, 0.5) is 5.69 Å². The maximum Gasteiger partial charge on any atom is 0.282 e. The van der Waals surface area contributed by atoms with Gasteiger partial charge in [-0.2, -0.15) is 9.78 Å². The molecule has 0 radical (unpaired) electrons. The van der Waals surface area contributed by atoms with Gasteiger partial charge in [0.05, 0.1) is 22.0 Å². The highest BCUT2D eigenvalue weighted by molar-refractivity contribution is 6.31. The second-order valence-electron chi connectivity index (χ2n) is 9.36. The van der Waals surface area contributed by atoms with Crippen LogP contribution in [0.1, 0.15) is 16.7 Å².